The predicted molar refractivity (Wildman–Crippen MR) is 123 cm³/mol. The number of aromatic nitrogens is 1. The Bertz CT molecular complexity index is 721. The molecule has 0 bridgehead atoms. The summed E-state index contributed by atoms with van der Waals surface area (Å²) in [6.45, 7) is 8.82. The topological polar surface area (TPSA) is 67.8 Å². The summed E-state index contributed by atoms with van der Waals surface area (Å²) in [5.41, 5.74) is 2.18. The van der Waals surface area contributed by atoms with Crippen LogP contribution < -0.4 is 20.1 Å². The van der Waals surface area contributed by atoms with E-state index in [-0.39, 0.29) is 24.0 Å². The van der Waals surface area contributed by atoms with Crippen LogP contribution in [0.15, 0.2) is 28.6 Å². The number of rotatable bonds is 9. The number of methoxy groups -OCH3 is 1. The molecule has 0 saturated carbocycles. The molecule has 2 rings (SSSR count). The van der Waals surface area contributed by atoms with Crippen molar-refractivity contribution in [2.45, 2.75) is 33.7 Å². The van der Waals surface area contributed by atoms with E-state index in [4.69, 9.17) is 9.47 Å². The van der Waals surface area contributed by atoms with Crippen molar-refractivity contribution in [2.75, 3.05) is 26.8 Å². The van der Waals surface area contributed by atoms with Gasteiger partial charge in [0.25, 0.3) is 0 Å². The highest BCUT2D eigenvalue weighted by Gasteiger charge is 2.06. The van der Waals surface area contributed by atoms with Gasteiger partial charge in [0.2, 0.25) is 0 Å². The second kappa shape index (κ2) is 12.8. The first kappa shape index (κ1) is 23.5. The van der Waals surface area contributed by atoms with Gasteiger partial charge in [0.15, 0.2) is 17.5 Å². The van der Waals surface area contributed by atoms with Crippen LogP contribution in [0.2, 0.25) is 0 Å². The molecule has 0 atom stereocenters. The fourth-order valence-corrected chi connectivity index (χ4v) is 3.08. The number of aliphatic imine (C=N–C) groups is 1. The van der Waals surface area contributed by atoms with E-state index in [0.717, 1.165) is 53.2 Å². The van der Waals surface area contributed by atoms with E-state index >= 15 is 0 Å². The molecule has 0 aliphatic carbocycles. The molecule has 0 saturated heterocycles. The van der Waals surface area contributed by atoms with Gasteiger partial charge < -0.3 is 20.1 Å². The smallest absolute Gasteiger partial charge is 0.191 e. The monoisotopic (exact) mass is 504 g/mol. The summed E-state index contributed by atoms with van der Waals surface area (Å²) in [7, 11) is 1.65. The van der Waals surface area contributed by atoms with Gasteiger partial charge in [0.1, 0.15) is 0 Å². The van der Waals surface area contributed by atoms with E-state index < -0.39 is 0 Å². The predicted octanol–water partition coefficient (Wildman–Crippen LogP) is 3.77. The van der Waals surface area contributed by atoms with Crippen LogP contribution in [-0.2, 0) is 13.0 Å². The zero-order valence-electron chi connectivity index (χ0n) is 16.4. The summed E-state index contributed by atoms with van der Waals surface area (Å²) in [6, 6.07) is 5.91. The molecule has 150 valence electrons. The van der Waals surface area contributed by atoms with Crippen molar-refractivity contribution < 1.29 is 9.47 Å². The molecule has 8 heteroatoms. The number of nitrogens with zero attached hydrogens (tertiary/aromatic N) is 2. The van der Waals surface area contributed by atoms with Crippen molar-refractivity contribution in [3.8, 4) is 11.5 Å². The molecule has 0 aliphatic rings. The molecule has 6 nitrogen and oxygen atoms in total. The van der Waals surface area contributed by atoms with Gasteiger partial charge >= 0.3 is 0 Å². The fourth-order valence-electron chi connectivity index (χ4n) is 2.43. The molecule has 0 radical (unpaired) electrons. The maximum absolute atomic E-state index is 5.55. The Labute approximate surface area is 182 Å². The fraction of sp³-hybridized carbons (Fsp3) is 0.474. The highest BCUT2D eigenvalue weighted by molar-refractivity contribution is 14.0. The van der Waals surface area contributed by atoms with Crippen molar-refractivity contribution in [1.29, 1.82) is 0 Å². The molecular formula is C19H29IN4O2S. The number of nitrogens with one attached hydrogen (secondary N) is 2. The Morgan fingerprint density at radius 1 is 1.22 bits per heavy atom. The first-order valence-corrected chi connectivity index (χ1v) is 9.77. The third-order valence-corrected chi connectivity index (χ3v) is 4.45. The number of thiazole rings is 1. The van der Waals surface area contributed by atoms with Crippen molar-refractivity contribution in [3.05, 3.63) is 39.8 Å². The van der Waals surface area contributed by atoms with Gasteiger partial charge in [-0.15, -0.1) is 35.3 Å². The molecule has 0 amide bonds. The lowest BCUT2D eigenvalue weighted by atomic mass is 10.2. The average Bonchev–Trinajstić information content (AvgIpc) is 3.06. The van der Waals surface area contributed by atoms with Gasteiger partial charge in [-0.2, -0.15) is 0 Å². The van der Waals surface area contributed by atoms with Crippen molar-refractivity contribution in [2.24, 2.45) is 4.99 Å². The van der Waals surface area contributed by atoms with Crippen molar-refractivity contribution >= 4 is 41.3 Å². The summed E-state index contributed by atoms with van der Waals surface area (Å²) in [5.74, 6) is 2.29. The molecule has 0 fully saturated rings. The Hall–Kier alpha value is -1.55. The third kappa shape index (κ3) is 7.92. The van der Waals surface area contributed by atoms with Crippen LogP contribution in [0.5, 0.6) is 11.5 Å². The van der Waals surface area contributed by atoms with Gasteiger partial charge in [-0.25, -0.2) is 9.98 Å². The van der Waals surface area contributed by atoms with E-state index in [2.05, 4.69) is 32.9 Å². The van der Waals surface area contributed by atoms with Gasteiger partial charge in [0.05, 0.1) is 31.0 Å². The summed E-state index contributed by atoms with van der Waals surface area (Å²) in [5, 5.41) is 9.83. The molecule has 1 heterocycles. The molecule has 2 N–H and O–H groups in total. The minimum absolute atomic E-state index is 0. The summed E-state index contributed by atoms with van der Waals surface area (Å²) in [4.78, 5) is 9.13. The largest absolute Gasteiger partial charge is 0.493 e. The Kier molecular flexibility index (Phi) is 11.1. The Balaban J connectivity index is 0.00000364. The van der Waals surface area contributed by atoms with Crippen LogP contribution in [-0.4, -0.2) is 37.7 Å². The van der Waals surface area contributed by atoms with Gasteiger partial charge in [-0.05, 0) is 38.5 Å². The van der Waals surface area contributed by atoms with E-state index in [1.807, 2.05) is 32.0 Å². The summed E-state index contributed by atoms with van der Waals surface area (Å²) >= 11 is 1.68. The van der Waals surface area contributed by atoms with Crippen LogP contribution in [0.4, 0.5) is 0 Å². The molecule has 1 aromatic carbocycles. The van der Waals surface area contributed by atoms with Crippen molar-refractivity contribution in [1.82, 2.24) is 15.6 Å². The lowest BCUT2D eigenvalue weighted by Gasteiger charge is -2.12. The average molecular weight is 504 g/mol. The molecule has 1 aromatic heterocycles. The SMILES string of the molecule is CCNC(=NCc1ccc(OCC)c(OC)c1)NCCc1csc(C)n1.I. The number of benzene rings is 1. The third-order valence-electron chi connectivity index (χ3n) is 3.63. The van der Waals surface area contributed by atoms with E-state index in [1.54, 1.807) is 18.4 Å². The number of hydrogen-bond acceptors (Lipinski definition) is 5. The minimum Gasteiger partial charge on any atom is -0.493 e. The molecule has 2 aromatic rings. The maximum atomic E-state index is 5.55. The summed E-state index contributed by atoms with van der Waals surface area (Å²) in [6.07, 6.45) is 0.881. The molecule has 27 heavy (non-hydrogen) atoms. The number of halogens is 1. The second-order valence-corrected chi connectivity index (χ2v) is 6.71. The van der Waals surface area contributed by atoms with Crippen LogP contribution >= 0.6 is 35.3 Å². The highest BCUT2D eigenvalue weighted by atomic mass is 127. The van der Waals surface area contributed by atoms with Crippen LogP contribution in [0.1, 0.15) is 30.1 Å². The normalized spacial score (nSPS) is 10.9. The van der Waals surface area contributed by atoms with Gasteiger partial charge in [-0.1, -0.05) is 6.07 Å². The molecule has 0 aliphatic heterocycles. The maximum Gasteiger partial charge on any atom is 0.191 e. The zero-order chi connectivity index (χ0) is 18.8. The van der Waals surface area contributed by atoms with E-state index in [9.17, 15) is 0 Å². The Morgan fingerprint density at radius 2 is 2.04 bits per heavy atom. The number of aryl methyl sites for hydroxylation is 1. The Morgan fingerprint density at radius 3 is 2.67 bits per heavy atom. The number of ether oxygens (including phenoxy) is 2. The molecular weight excluding hydrogens is 475 g/mol. The highest BCUT2D eigenvalue weighted by Crippen LogP contribution is 2.28. The molecule has 0 unspecified atom stereocenters. The quantitative estimate of drug-likeness (QED) is 0.309. The van der Waals surface area contributed by atoms with Crippen molar-refractivity contribution in [3.63, 3.8) is 0 Å². The molecule has 0 spiro atoms. The number of hydrogen-bond donors (Lipinski definition) is 2. The first-order valence-electron chi connectivity index (χ1n) is 8.89. The van der Waals surface area contributed by atoms with E-state index in [1.165, 1.54) is 0 Å². The van der Waals surface area contributed by atoms with Gasteiger partial charge in [-0.3, -0.25) is 0 Å². The first-order chi connectivity index (χ1) is 12.7. The minimum atomic E-state index is 0. The standard InChI is InChI=1S/C19H28N4O2S.HI/c1-5-20-19(21-10-9-16-13-26-14(3)23-16)22-12-15-7-8-17(25-6-2)18(11-15)24-4;/h7-8,11,13H,5-6,9-10,12H2,1-4H3,(H2,20,21,22);1H. The van der Waals surface area contributed by atoms with Crippen LogP contribution in [0.25, 0.3) is 0 Å². The van der Waals surface area contributed by atoms with Crippen LogP contribution in [0.3, 0.4) is 0 Å². The zero-order valence-corrected chi connectivity index (χ0v) is 19.5. The van der Waals surface area contributed by atoms with Gasteiger partial charge in [0, 0.05) is 24.9 Å². The second-order valence-electron chi connectivity index (χ2n) is 5.65. The van der Waals surface area contributed by atoms with E-state index in [0.29, 0.717) is 13.2 Å². The summed E-state index contributed by atoms with van der Waals surface area (Å²) < 4.78 is 11.0. The lowest BCUT2D eigenvalue weighted by Crippen LogP contribution is -2.38. The van der Waals surface area contributed by atoms with Crippen LogP contribution in [0, 0.1) is 6.92 Å². The lowest BCUT2D eigenvalue weighted by molar-refractivity contribution is 0.310. The number of guanidine groups is 1.